The van der Waals surface area contributed by atoms with Crippen LogP contribution >= 0.6 is 15.9 Å². The highest BCUT2D eigenvalue weighted by molar-refractivity contribution is 9.10. The van der Waals surface area contributed by atoms with Crippen molar-refractivity contribution in [2.75, 3.05) is 6.54 Å². The third-order valence-corrected chi connectivity index (χ3v) is 3.60. The molecule has 0 heterocycles. The number of hydrogen-bond acceptors (Lipinski definition) is 2. The van der Waals surface area contributed by atoms with Gasteiger partial charge in [-0.25, -0.2) is 4.79 Å². The van der Waals surface area contributed by atoms with Gasteiger partial charge in [0.15, 0.2) is 0 Å². The van der Waals surface area contributed by atoms with Crippen LogP contribution < -0.4 is 5.32 Å². The van der Waals surface area contributed by atoms with E-state index >= 15 is 0 Å². The summed E-state index contributed by atoms with van der Waals surface area (Å²) >= 11 is 3.42. The first kappa shape index (κ1) is 14.8. The molecule has 2 amide bonds. The largest absolute Gasteiger partial charge is 0.481 e. The first-order chi connectivity index (χ1) is 9.56. The maximum Gasteiger partial charge on any atom is 0.317 e. The average Bonchev–Trinajstić information content (AvgIpc) is 3.19. The standard InChI is InChI=1S/C14H17BrN2O3/c15-11-3-1-2-10(8-11)9-17(12-4-5-12)14(20)16-7-6-13(18)19/h1-3,8,12H,4-7,9H2,(H,16,20)(H,18,19). The van der Waals surface area contributed by atoms with Crippen LogP contribution in [0.5, 0.6) is 0 Å². The molecule has 1 aliphatic carbocycles. The number of nitrogens with one attached hydrogen (secondary N) is 1. The zero-order valence-corrected chi connectivity index (χ0v) is 12.6. The molecule has 0 aromatic heterocycles. The van der Waals surface area contributed by atoms with Gasteiger partial charge in [0.1, 0.15) is 0 Å². The Bertz CT molecular complexity index is 503. The number of carbonyl (C=O) groups is 2. The van der Waals surface area contributed by atoms with Gasteiger partial charge < -0.3 is 15.3 Å². The normalized spacial score (nSPS) is 13.8. The third-order valence-electron chi connectivity index (χ3n) is 3.11. The number of hydrogen-bond donors (Lipinski definition) is 2. The molecule has 1 fully saturated rings. The van der Waals surface area contributed by atoms with Crippen LogP contribution in [-0.4, -0.2) is 34.6 Å². The molecule has 6 heteroatoms. The fraction of sp³-hybridized carbons (Fsp3) is 0.429. The number of aliphatic carboxylic acids is 1. The van der Waals surface area contributed by atoms with Crippen molar-refractivity contribution in [3.63, 3.8) is 0 Å². The molecule has 1 aromatic rings. The SMILES string of the molecule is O=C(O)CCNC(=O)N(Cc1cccc(Br)c1)C1CC1. The predicted molar refractivity (Wildman–Crippen MR) is 78.4 cm³/mol. The molecule has 20 heavy (non-hydrogen) atoms. The van der Waals surface area contributed by atoms with E-state index in [-0.39, 0.29) is 25.0 Å². The zero-order valence-electron chi connectivity index (χ0n) is 11.0. The van der Waals surface area contributed by atoms with Gasteiger partial charge in [0.05, 0.1) is 6.42 Å². The van der Waals surface area contributed by atoms with Gasteiger partial charge in [0.25, 0.3) is 0 Å². The molecule has 1 saturated carbocycles. The van der Waals surface area contributed by atoms with Gasteiger partial charge in [-0.05, 0) is 30.5 Å². The Morgan fingerprint density at radius 2 is 2.15 bits per heavy atom. The molecule has 0 aliphatic heterocycles. The molecule has 2 N–H and O–H groups in total. The van der Waals surface area contributed by atoms with E-state index in [0.717, 1.165) is 22.9 Å². The minimum absolute atomic E-state index is 0.0544. The van der Waals surface area contributed by atoms with Crippen molar-refractivity contribution < 1.29 is 14.7 Å². The predicted octanol–water partition coefficient (Wildman–Crippen LogP) is 2.60. The van der Waals surface area contributed by atoms with E-state index in [2.05, 4.69) is 21.2 Å². The van der Waals surface area contributed by atoms with E-state index in [4.69, 9.17) is 5.11 Å². The molecular weight excluding hydrogens is 324 g/mol. The molecule has 108 valence electrons. The van der Waals surface area contributed by atoms with Gasteiger partial charge in [-0.15, -0.1) is 0 Å². The van der Waals surface area contributed by atoms with Crippen LogP contribution in [0.1, 0.15) is 24.8 Å². The summed E-state index contributed by atoms with van der Waals surface area (Å²) in [6.45, 7) is 0.707. The molecule has 0 radical (unpaired) electrons. The lowest BCUT2D eigenvalue weighted by Gasteiger charge is -2.23. The van der Waals surface area contributed by atoms with Crippen LogP contribution in [0.2, 0.25) is 0 Å². The number of rotatable bonds is 6. The van der Waals surface area contributed by atoms with Crippen LogP contribution in [0.15, 0.2) is 28.7 Å². The fourth-order valence-electron chi connectivity index (χ4n) is 1.96. The Balaban J connectivity index is 1.93. The van der Waals surface area contributed by atoms with E-state index in [1.807, 2.05) is 24.3 Å². The number of carboxylic acid groups (broad SMARTS) is 1. The van der Waals surface area contributed by atoms with Crippen molar-refractivity contribution in [3.05, 3.63) is 34.3 Å². The lowest BCUT2D eigenvalue weighted by molar-refractivity contribution is -0.136. The summed E-state index contributed by atoms with van der Waals surface area (Å²) in [6, 6.07) is 7.93. The number of amides is 2. The Morgan fingerprint density at radius 3 is 2.75 bits per heavy atom. The Labute approximate surface area is 126 Å². The highest BCUT2D eigenvalue weighted by Crippen LogP contribution is 2.28. The second-order valence-electron chi connectivity index (χ2n) is 4.86. The summed E-state index contributed by atoms with van der Waals surface area (Å²) in [5.41, 5.74) is 1.06. The van der Waals surface area contributed by atoms with Crippen molar-refractivity contribution in [3.8, 4) is 0 Å². The summed E-state index contributed by atoms with van der Waals surface area (Å²) in [5, 5.41) is 11.2. The molecule has 1 aliphatic rings. The van der Waals surface area contributed by atoms with E-state index in [9.17, 15) is 9.59 Å². The first-order valence-electron chi connectivity index (χ1n) is 6.57. The smallest absolute Gasteiger partial charge is 0.317 e. The molecule has 0 saturated heterocycles. The molecule has 5 nitrogen and oxygen atoms in total. The van der Waals surface area contributed by atoms with Gasteiger partial charge in [-0.2, -0.15) is 0 Å². The molecular formula is C14H17BrN2O3. The van der Waals surface area contributed by atoms with Crippen molar-refractivity contribution in [1.82, 2.24) is 10.2 Å². The zero-order chi connectivity index (χ0) is 14.5. The van der Waals surface area contributed by atoms with Gasteiger partial charge in [0, 0.05) is 23.6 Å². The fourth-order valence-corrected chi connectivity index (χ4v) is 2.41. The lowest BCUT2D eigenvalue weighted by atomic mass is 10.2. The van der Waals surface area contributed by atoms with E-state index in [0.29, 0.717) is 6.54 Å². The Kier molecular flexibility index (Phi) is 5.00. The molecule has 1 aromatic carbocycles. The maximum atomic E-state index is 12.1. The van der Waals surface area contributed by atoms with E-state index < -0.39 is 5.97 Å². The second-order valence-corrected chi connectivity index (χ2v) is 5.78. The van der Waals surface area contributed by atoms with Gasteiger partial charge >= 0.3 is 12.0 Å². The monoisotopic (exact) mass is 340 g/mol. The van der Waals surface area contributed by atoms with Crippen LogP contribution in [0.25, 0.3) is 0 Å². The summed E-state index contributed by atoms with van der Waals surface area (Å²) in [7, 11) is 0. The summed E-state index contributed by atoms with van der Waals surface area (Å²) in [6.07, 6.45) is 1.97. The number of nitrogens with zero attached hydrogens (tertiary/aromatic N) is 1. The average molecular weight is 341 g/mol. The molecule has 2 rings (SSSR count). The highest BCUT2D eigenvalue weighted by atomic mass is 79.9. The number of benzene rings is 1. The lowest BCUT2D eigenvalue weighted by Crippen LogP contribution is -2.41. The first-order valence-corrected chi connectivity index (χ1v) is 7.36. The van der Waals surface area contributed by atoms with Gasteiger partial charge in [-0.1, -0.05) is 28.1 Å². The van der Waals surface area contributed by atoms with Crippen LogP contribution in [0.4, 0.5) is 4.79 Å². The van der Waals surface area contributed by atoms with E-state index in [1.54, 1.807) is 4.90 Å². The van der Waals surface area contributed by atoms with Crippen molar-refractivity contribution in [2.24, 2.45) is 0 Å². The van der Waals surface area contributed by atoms with E-state index in [1.165, 1.54) is 0 Å². The number of carboxylic acids is 1. The Morgan fingerprint density at radius 1 is 1.40 bits per heavy atom. The van der Waals surface area contributed by atoms with Gasteiger partial charge in [-0.3, -0.25) is 4.79 Å². The highest BCUT2D eigenvalue weighted by Gasteiger charge is 2.32. The summed E-state index contributed by atoms with van der Waals surface area (Å²) in [4.78, 5) is 24.3. The van der Waals surface area contributed by atoms with Crippen LogP contribution in [-0.2, 0) is 11.3 Å². The van der Waals surface area contributed by atoms with Crippen LogP contribution in [0, 0.1) is 0 Å². The maximum absolute atomic E-state index is 12.1. The molecule has 0 atom stereocenters. The molecule has 0 unspecified atom stereocenters. The third kappa shape index (κ3) is 4.52. The number of urea groups is 1. The molecule has 0 spiro atoms. The summed E-state index contributed by atoms with van der Waals surface area (Å²) < 4.78 is 0.983. The van der Waals surface area contributed by atoms with Gasteiger partial charge in [0.2, 0.25) is 0 Å². The summed E-state index contributed by atoms with van der Waals surface area (Å²) in [5.74, 6) is -0.907. The number of carbonyl (C=O) groups excluding carboxylic acids is 1. The minimum atomic E-state index is -0.907. The van der Waals surface area contributed by atoms with Crippen molar-refractivity contribution in [1.29, 1.82) is 0 Å². The Hall–Kier alpha value is -1.56. The number of halogens is 1. The minimum Gasteiger partial charge on any atom is -0.481 e. The topological polar surface area (TPSA) is 69.6 Å². The van der Waals surface area contributed by atoms with Crippen molar-refractivity contribution >= 4 is 27.9 Å². The van der Waals surface area contributed by atoms with Crippen molar-refractivity contribution in [2.45, 2.75) is 31.8 Å². The quantitative estimate of drug-likeness (QED) is 0.836. The van der Waals surface area contributed by atoms with Crippen LogP contribution in [0.3, 0.4) is 0 Å². The second kappa shape index (κ2) is 6.74. The molecule has 0 bridgehead atoms.